The summed E-state index contributed by atoms with van der Waals surface area (Å²) >= 11 is 0. The smallest absolute Gasteiger partial charge is 0.475 e. The SMILES string of the molecule is CN[C@H](/C=C/C#N)C(C)C.O=C(O)C(F)(F)F. The van der Waals surface area contributed by atoms with Crippen molar-refractivity contribution in [3.63, 3.8) is 0 Å². The summed E-state index contributed by atoms with van der Waals surface area (Å²) in [5.74, 6) is -2.22. The Morgan fingerprint density at radius 2 is 1.88 bits per heavy atom. The first-order chi connectivity index (χ1) is 7.66. The molecule has 0 aliphatic carbocycles. The van der Waals surface area contributed by atoms with Gasteiger partial charge in [0.15, 0.2) is 0 Å². The summed E-state index contributed by atoms with van der Waals surface area (Å²) in [6, 6.07) is 2.29. The largest absolute Gasteiger partial charge is 0.490 e. The van der Waals surface area contributed by atoms with Crippen LogP contribution in [-0.2, 0) is 4.79 Å². The molecule has 0 saturated heterocycles. The molecule has 0 unspecified atom stereocenters. The van der Waals surface area contributed by atoms with Gasteiger partial charge in [0.25, 0.3) is 0 Å². The van der Waals surface area contributed by atoms with Gasteiger partial charge in [0, 0.05) is 12.1 Å². The zero-order valence-electron chi connectivity index (χ0n) is 9.75. The molecular formula is C10H15F3N2O2. The number of aliphatic carboxylic acids is 1. The van der Waals surface area contributed by atoms with Crippen LogP contribution in [0.3, 0.4) is 0 Å². The van der Waals surface area contributed by atoms with Gasteiger partial charge in [-0.3, -0.25) is 0 Å². The summed E-state index contributed by atoms with van der Waals surface area (Å²) in [5.41, 5.74) is 0. The molecule has 0 aliphatic rings. The van der Waals surface area contributed by atoms with Crippen LogP contribution in [0.2, 0.25) is 0 Å². The van der Waals surface area contributed by atoms with Crippen LogP contribution in [0.5, 0.6) is 0 Å². The number of nitrogens with zero attached hydrogens (tertiary/aromatic N) is 1. The Morgan fingerprint density at radius 1 is 1.47 bits per heavy atom. The first kappa shape index (κ1) is 17.8. The molecule has 98 valence electrons. The van der Waals surface area contributed by atoms with Gasteiger partial charge in [0.1, 0.15) is 0 Å². The summed E-state index contributed by atoms with van der Waals surface area (Å²) < 4.78 is 31.7. The number of hydrogen-bond donors (Lipinski definition) is 2. The number of carbonyl (C=O) groups is 1. The third-order valence-electron chi connectivity index (χ3n) is 1.67. The quantitative estimate of drug-likeness (QED) is 0.753. The second-order valence-electron chi connectivity index (χ2n) is 3.35. The summed E-state index contributed by atoms with van der Waals surface area (Å²) in [7, 11) is 1.90. The number of carboxylic acid groups (broad SMARTS) is 1. The number of hydrogen-bond acceptors (Lipinski definition) is 3. The summed E-state index contributed by atoms with van der Waals surface area (Å²) in [4.78, 5) is 8.90. The molecule has 0 saturated carbocycles. The van der Waals surface area contributed by atoms with E-state index in [2.05, 4.69) is 19.2 Å². The van der Waals surface area contributed by atoms with Crippen LogP contribution in [-0.4, -0.2) is 30.3 Å². The lowest BCUT2D eigenvalue weighted by molar-refractivity contribution is -0.192. The highest BCUT2D eigenvalue weighted by molar-refractivity contribution is 5.73. The molecule has 2 N–H and O–H groups in total. The summed E-state index contributed by atoms with van der Waals surface area (Å²) in [6.45, 7) is 4.23. The number of rotatable bonds is 3. The molecule has 0 aromatic rings. The molecule has 0 rings (SSSR count). The molecule has 17 heavy (non-hydrogen) atoms. The zero-order chi connectivity index (χ0) is 14.1. The molecule has 0 bridgehead atoms. The van der Waals surface area contributed by atoms with Gasteiger partial charge in [0.2, 0.25) is 0 Å². The van der Waals surface area contributed by atoms with Crippen molar-refractivity contribution in [2.24, 2.45) is 5.92 Å². The minimum atomic E-state index is -5.08. The minimum Gasteiger partial charge on any atom is -0.475 e. The minimum absolute atomic E-state index is 0.319. The maximum absolute atomic E-state index is 10.6. The lowest BCUT2D eigenvalue weighted by Crippen LogP contribution is -2.28. The van der Waals surface area contributed by atoms with Gasteiger partial charge in [0.05, 0.1) is 6.07 Å². The fourth-order valence-corrected chi connectivity index (χ4v) is 0.798. The maximum Gasteiger partial charge on any atom is 0.490 e. The molecule has 0 aromatic carbocycles. The fourth-order valence-electron chi connectivity index (χ4n) is 0.798. The molecule has 0 fully saturated rings. The number of allylic oxidation sites excluding steroid dienone is 1. The van der Waals surface area contributed by atoms with Gasteiger partial charge in [-0.05, 0) is 13.0 Å². The first-order valence-corrected chi connectivity index (χ1v) is 4.70. The van der Waals surface area contributed by atoms with E-state index in [1.165, 1.54) is 6.08 Å². The van der Waals surface area contributed by atoms with Crippen molar-refractivity contribution in [3.05, 3.63) is 12.2 Å². The monoisotopic (exact) mass is 252 g/mol. The Kier molecular flexibility index (Phi) is 9.01. The van der Waals surface area contributed by atoms with Crippen molar-refractivity contribution in [2.45, 2.75) is 26.1 Å². The van der Waals surface area contributed by atoms with E-state index in [-0.39, 0.29) is 0 Å². The van der Waals surface area contributed by atoms with E-state index >= 15 is 0 Å². The molecule has 0 radical (unpaired) electrons. The Balaban J connectivity index is 0. The summed E-state index contributed by atoms with van der Waals surface area (Å²) in [5, 5.41) is 18.5. The van der Waals surface area contributed by atoms with Crippen LogP contribution in [0.15, 0.2) is 12.2 Å². The van der Waals surface area contributed by atoms with Crippen LogP contribution < -0.4 is 5.32 Å². The second-order valence-corrected chi connectivity index (χ2v) is 3.35. The van der Waals surface area contributed by atoms with Crippen LogP contribution in [0.4, 0.5) is 13.2 Å². The van der Waals surface area contributed by atoms with E-state index in [9.17, 15) is 13.2 Å². The maximum atomic E-state index is 10.6. The highest BCUT2D eigenvalue weighted by atomic mass is 19.4. The van der Waals surface area contributed by atoms with E-state index in [0.29, 0.717) is 12.0 Å². The van der Waals surface area contributed by atoms with Gasteiger partial charge in [-0.15, -0.1) is 0 Å². The molecule has 0 heterocycles. The third-order valence-corrected chi connectivity index (χ3v) is 1.67. The molecule has 1 atom stereocenters. The number of halogens is 3. The molecule has 0 aromatic heterocycles. The summed E-state index contributed by atoms with van der Waals surface area (Å²) in [6.07, 6.45) is -1.69. The predicted molar refractivity (Wildman–Crippen MR) is 56.1 cm³/mol. The van der Waals surface area contributed by atoms with E-state index in [0.717, 1.165) is 0 Å². The van der Waals surface area contributed by atoms with Crippen molar-refractivity contribution < 1.29 is 23.1 Å². The van der Waals surface area contributed by atoms with Crippen LogP contribution >= 0.6 is 0 Å². The van der Waals surface area contributed by atoms with Gasteiger partial charge in [-0.25, -0.2) is 4.79 Å². The molecule has 7 heteroatoms. The normalized spacial score (nSPS) is 12.8. The predicted octanol–water partition coefficient (Wildman–Crippen LogP) is 1.94. The number of nitriles is 1. The van der Waals surface area contributed by atoms with Crippen molar-refractivity contribution in [1.82, 2.24) is 5.32 Å². The number of likely N-dealkylation sites (N-methyl/N-ethyl adjacent to an activating group) is 1. The van der Waals surface area contributed by atoms with E-state index in [1.54, 1.807) is 0 Å². The third kappa shape index (κ3) is 10.7. The molecule has 4 nitrogen and oxygen atoms in total. The van der Waals surface area contributed by atoms with Crippen LogP contribution in [0.25, 0.3) is 0 Å². The standard InChI is InChI=1S/C8H14N2.C2HF3O2/c1-7(2)8(10-3)5-4-6-9;3-2(4,5)1(6)7/h4-5,7-8,10H,1-3H3;(H,6,7)/b5-4+;/t8-;/m1./s1. The highest BCUT2D eigenvalue weighted by Gasteiger charge is 2.38. The zero-order valence-corrected chi connectivity index (χ0v) is 9.75. The van der Waals surface area contributed by atoms with Gasteiger partial charge in [-0.2, -0.15) is 18.4 Å². The lowest BCUT2D eigenvalue weighted by Gasteiger charge is -2.14. The molecular weight excluding hydrogens is 237 g/mol. The number of alkyl halides is 3. The lowest BCUT2D eigenvalue weighted by atomic mass is 10.0. The van der Waals surface area contributed by atoms with E-state index < -0.39 is 12.1 Å². The number of carboxylic acids is 1. The van der Waals surface area contributed by atoms with Gasteiger partial charge >= 0.3 is 12.1 Å². The van der Waals surface area contributed by atoms with Crippen molar-refractivity contribution >= 4 is 5.97 Å². The molecule has 0 spiro atoms. The molecule has 0 aliphatic heterocycles. The highest BCUT2D eigenvalue weighted by Crippen LogP contribution is 2.13. The Labute approximate surface area is 97.7 Å². The second kappa shape index (κ2) is 8.58. The van der Waals surface area contributed by atoms with E-state index in [4.69, 9.17) is 15.2 Å². The van der Waals surface area contributed by atoms with Crippen LogP contribution in [0, 0.1) is 17.2 Å². The Morgan fingerprint density at radius 3 is 2.06 bits per heavy atom. The fraction of sp³-hybridized carbons (Fsp3) is 0.600. The molecule has 0 amide bonds. The number of nitrogens with one attached hydrogen (secondary N) is 1. The van der Waals surface area contributed by atoms with Crippen LogP contribution in [0.1, 0.15) is 13.8 Å². The Hall–Kier alpha value is -1.55. The van der Waals surface area contributed by atoms with Crippen molar-refractivity contribution in [3.8, 4) is 6.07 Å². The van der Waals surface area contributed by atoms with E-state index in [1.807, 2.05) is 19.2 Å². The van der Waals surface area contributed by atoms with Crippen molar-refractivity contribution in [1.29, 1.82) is 5.26 Å². The average molecular weight is 252 g/mol. The topological polar surface area (TPSA) is 73.1 Å². The van der Waals surface area contributed by atoms with Crippen molar-refractivity contribution in [2.75, 3.05) is 7.05 Å². The van der Waals surface area contributed by atoms with Gasteiger partial charge < -0.3 is 10.4 Å². The first-order valence-electron chi connectivity index (χ1n) is 4.70. The average Bonchev–Trinajstić information content (AvgIpc) is 2.18. The Bertz CT molecular complexity index is 293. The van der Waals surface area contributed by atoms with Gasteiger partial charge in [-0.1, -0.05) is 19.9 Å².